The van der Waals surface area contributed by atoms with Gasteiger partial charge in [0, 0.05) is 5.69 Å². The van der Waals surface area contributed by atoms with Crippen molar-refractivity contribution in [2.45, 2.75) is 19.8 Å². The van der Waals surface area contributed by atoms with E-state index < -0.39 is 0 Å². The molecule has 1 amide bonds. The smallest absolute Gasteiger partial charge is 0.243 e. The van der Waals surface area contributed by atoms with E-state index in [1.165, 1.54) is 0 Å². The molecule has 0 bridgehead atoms. The molecule has 2 aromatic rings. The summed E-state index contributed by atoms with van der Waals surface area (Å²) in [6.07, 6.45) is 0. The van der Waals surface area contributed by atoms with Gasteiger partial charge in [0.05, 0.1) is 27.3 Å². The molecule has 6 heteroatoms. The average Bonchev–Trinajstić information content (AvgIpc) is 2.50. The van der Waals surface area contributed by atoms with Crippen LogP contribution >= 0.6 is 34.8 Å². The van der Waals surface area contributed by atoms with Crippen LogP contribution in [0.1, 0.15) is 25.3 Å². The second-order valence-corrected chi connectivity index (χ2v) is 6.61. The Morgan fingerprint density at radius 1 is 1.00 bits per heavy atom. The van der Waals surface area contributed by atoms with Crippen molar-refractivity contribution in [2.24, 2.45) is 0 Å². The number of amides is 1. The van der Waals surface area contributed by atoms with Gasteiger partial charge >= 0.3 is 0 Å². The van der Waals surface area contributed by atoms with Crippen LogP contribution in [0.25, 0.3) is 0 Å². The second kappa shape index (κ2) is 7.91. The van der Waals surface area contributed by atoms with E-state index in [9.17, 15) is 4.79 Å². The summed E-state index contributed by atoms with van der Waals surface area (Å²) < 4.78 is 0. The van der Waals surface area contributed by atoms with Crippen LogP contribution in [0.15, 0.2) is 36.4 Å². The first-order chi connectivity index (χ1) is 10.9. The standard InChI is InChI=1S/C17H17Cl3N2O/c1-10(2)11-5-3-4-6-15(11)22-17(23)9-21-16-8-13(19)12(18)7-14(16)20/h3-8,10,21H,9H2,1-2H3,(H,22,23). The predicted octanol–water partition coefficient (Wildman–Crippen LogP) is 5.82. The number of carbonyl (C=O) groups excluding carboxylic acids is 1. The molecule has 2 rings (SSSR count). The number of hydrogen-bond acceptors (Lipinski definition) is 2. The summed E-state index contributed by atoms with van der Waals surface area (Å²) in [7, 11) is 0. The summed E-state index contributed by atoms with van der Waals surface area (Å²) in [5.41, 5.74) is 2.47. The highest BCUT2D eigenvalue weighted by Crippen LogP contribution is 2.32. The molecule has 0 aliphatic carbocycles. The van der Waals surface area contributed by atoms with Crippen molar-refractivity contribution in [3.63, 3.8) is 0 Å². The van der Waals surface area contributed by atoms with E-state index in [2.05, 4.69) is 24.5 Å². The summed E-state index contributed by atoms with van der Waals surface area (Å²) >= 11 is 17.9. The Morgan fingerprint density at radius 2 is 1.65 bits per heavy atom. The van der Waals surface area contributed by atoms with E-state index in [0.717, 1.165) is 11.3 Å². The normalized spacial score (nSPS) is 10.7. The van der Waals surface area contributed by atoms with Gasteiger partial charge in [-0.15, -0.1) is 0 Å². The number of halogens is 3. The fourth-order valence-corrected chi connectivity index (χ4v) is 2.76. The van der Waals surface area contributed by atoms with Gasteiger partial charge in [-0.1, -0.05) is 66.8 Å². The van der Waals surface area contributed by atoms with Gasteiger partial charge < -0.3 is 10.6 Å². The molecule has 0 aliphatic rings. The van der Waals surface area contributed by atoms with E-state index in [4.69, 9.17) is 34.8 Å². The molecular formula is C17H17Cl3N2O. The monoisotopic (exact) mass is 370 g/mol. The molecule has 0 fully saturated rings. The van der Waals surface area contributed by atoms with Gasteiger partial charge in [0.25, 0.3) is 0 Å². The lowest BCUT2D eigenvalue weighted by molar-refractivity contribution is -0.114. The lowest BCUT2D eigenvalue weighted by atomic mass is 10.0. The van der Waals surface area contributed by atoms with Gasteiger partial charge in [-0.2, -0.15) is 0 Å². The molecule has 0 spiro atoms. The van der Waals surface area contributed by atoms with Gasteiger partial charge in [-0.25, -0.2) is 0 Å². The highest BCUT2D eigenvalue weighted by molar-refractivity contribution is 6.44. The topological polar surface area (TPSA) is 41.1 Å². The number of anilines is 2. The zero-order valence-electron chi connectivity index (χ0n) is 12.8. The largest absolute Gasteiger partial charge is 0.375 e. The first-order valence-electron chi connectivity index (χ1n) is 7.15. The minimum absolute atomic E-state index is 0.0735. The zero-order valence-corrected chi connectivity index (χ0v) is 15.1. The Hall–Kier alpha value is -1.42. The van der Waals surface area contributed by atoms with Crippen LogP contribution in [0.2, 0.25) is 15.1 Å². The van der Waals surface area contributed by atoms with Gasteiger partial charge in [0.2, 0.25) is 5.91 Å². The third-order valence-electron chi connectivity index (χ3n) is 3.31. The van der Waals surface area contributed by atoms with Crippen LogP contribution in [0.5, 0.6) is 0 Å². The highest BCUT2D eigenvalue weighted by atomic mass is 35.5. The molecule has 0 atom stereocenters. The number of hydrogen-bond donors (Lipinski definition) is 2. The molecular weight excluding hydrogens is 355 g/mol. The van der Waals surface area contributed by atoms with Crippen LogP contribution in [0, 0.1) is 0 Å². The van der Waals surface area contributed by atoms with E-state index in [-0.39, 0.29) is 12.5 Å². The molecule has 3 nitrogen and oxygen atoms in total. The molecule has 2 aromatic carbocycles. The van der Waals surface area contributed by atoms with Crippen molar-refractivity contribution in [3.8, 4) is 0 Å². The fourth-order valence-electron chi connectivity index (χ4n) is 2.14. The summed E-state index contributed by atoms with van der Waals surface area (Å²) in [5.74, 6) is 0.157. The third kappa shape index (κ3) is 4.77. The first-order valence-corrected chi connectivity index (χ1v) is 8.29. The van der Waals surface area contributed by atoms with Crippen LogP contribution in [0.4, 0.5) is 11.4 Å². The van der Waals surface area contributed by atoms with E-state index >= 15 is 0 Å². The Bertz CT molecular complexity index is 717. The Labute approximate surface area is 150 Å². The van der Waals surface area contributed by atoms with Crippen molar-refractivity contribution < 1.29 is 4.79 Å². The van der Waals surface area contributed by atoms with Crippen molar-refractivity contribution >= 4 is 52.1 Å². The molecule has 0 saturated heterocycles. The van der Waals surface area contributed by atoms with Crippen molar-refractivity contribution in [2.75, 3.05) is 17.2 Å². The number of rotatable bonds is 5. The lowest BCUT2D eigenvalue weighted by Gasteiger charge is -2.14. The van der Waals surface area contributed by atoms with Crippen LogP contribution in [-0.2, 0) is 4.79 Å². The Balaban J connectivity index is 2.03. The molecule has 0 saturated carbocycles. The molecule has 0 heterocycles. The minimum atomic E-state index is -0.166. The summed E-state index contributed by atoms with van der Waals surface area (Å²) in [4.78, 5) is 12.1. The maximum atomic E-state index is 12.1. The van der Waals surface area contributed by atoms with Gasteiger partial charge in [0.15, 0.2) is 0 Å². The predicted molar refractivity (Wildman–Crippen MR) is 99.1 cm³/mol. The maximum absolute atomic E-state index is 12.1. The van der Waals surface area contributed by atoms with E-state index in [1.54, 1.807) is 12.1 Å². The molecule has 0 radical (unpaired) electrons. The summed E-state index contributed by atoms with van der Waals surface area (Å²) in [6, 6.07) is 10.9. The van der Waals surface area contributed by atoms with Crippen LogP contribution < -0.4 is 10.6 Å². The fraction of sp³-hybridized carbons (Fsp3) is 0.235. The van der Waals surface area contributed by atoms with E-state index in [0.29, 0.717) is 26.7 Å². The lowest BCUT2D eigenvalue weighted by Crippen LogP contribution is -2.22. The number of benzene rings is 2. The molecule has 0 unspecified atom stereocenters. The highest BCUT2D eigenvalue weighted by Gasteiger charge is 2.10. The van der Waals surface area contributed by atoms with Crippen LogP contribution in [-0.4, -0.2) is 12.5 Å². The Morgan fingerprint density at radius 3 is 2.35 bits per heavy atom. The molecule has 0 aliphatic heterocycles. The molecule has 122 valence electrons. The van der Waals surface area contributed by atoms with Crippen molar-refractivity contribution in [1.82, 2.24) is 0 Å². The number of nitrogens with one attached hydrogen (secondary N) is 2. The zero-order chi connectivity index (χ0) is 17.0. The Kier molecular flexibility index (Phi) is 6.17. The average molecular weight is 372 g/mol. The number of para-hydroxylation sites is 1. The second-order valence-electron chi connectivity index (χ2n) is 5.39. The SMILES string of the molecule is CC(C)c1ccccc1NC(=O)CNc1cc(Cl)c(Cl)cc1Cl. The van der Waals surface area contributed by atoms with Crippen molar-refractivity contribution in [1.29, 1.82) is 0 Å². The molecule has 2 N–H and O–H groups in total. The van der Waals surface area contributed by atoms with Gasteiger partial charge in [-0.3, -0.25) is 4.79 Å². The minimum Gasteiger partial charge on any atom is -0.375 e. The summed E-state index contributed by atoms with van der Waals surface area (Å²) in [5, 5.41) is 7.03. The molecule has 23 heavy (non-hydrogen) atoms. The van der Waals surface area contributed by atoms with E-state index in [1.807, 2.05) is 24.3 Å². The quantitative estimate of drug-likeness (QED) is 0.650. The third-order valence-corrected chi connectivity index (χ3v) is 4.34. The first kappa shape index (κ1) is 17.9. The number of carbonyl (C=O) groups is 1. The summed E-state index contributed by atoms with van der Waals surface area (Å²) in [6.45, 7) is 4.24. The molecule has 0 aromatic heterocycles. The van der Waals surface area contributed by atoms with Gasteiger partial charge in [-0.05, 0) is 29.7 Å². The van der Waals surface area contributed by atoms with Crippen LogP contribution in [0.3, 0.4) is 0 Å². The van der Waals surface area contributed by atoms with Crippen molar-refractivity contribution in [3.05, 3.63) is 57.0 Å². The van der Waals surface area contributed by atoms with Gasteiger partial charge in [0.1, 0.15) is 0 Å². The maximum Gasteiger partial charge on any atom is 0.243 e.